The molecule has 1 saturated heterocycles. The van der Waals surface area contributed by atoms with Crippen molar-refractivity contribution in [3.8, 4) is 0 Å². The van der Waals surface area contributed by atoms with Gasteiger partial charge in [0.15, 0.2) is 0 Å². The van der Waals surface area contributed by atoms with Crippen LogP contribution < -0.4 is 10.6 Å². The summed E-state index contributed by atoms with van der Waals surface area (Å²) in [5.41, 5.74) is 2.10. The molecular formula is C24H24N4O3. The Morgan fingerprint density at radius 3 is 2.48 bits per heavy atom. The summed E-state index contributed by atoms with van der Waals surface area (Å²) in [4.78, 5) is 43.3. The Labute approximate surface area is 180 Å². The molecule has 0 aliphatic carbocycles. The standard InChI is InChI=1S/C24H24N4O3/c29-22(16-26-23(30)17-6-2-1-3-7-17)28-14-11-18(12-15-28)24(31)27-21-10-4-9-20-19(21)8-5-13-25-20/h1-10,13,18H,11-12,14-16H2,(H,26,30)(H,27,31). The summed E-state index contributed by atoms with van der Waals surface area (Å²) in [6.07, 6.45) is 2.91. The van der Waals surface area contributed by atoms with Crippen molar-refractivity contribution in [1.82, 2.24) is 15.2 Å². The largest absolute Gasteiger partial charge is 0.343 e. The molecule has 2 N–H and O–H groups in total. The minimum atomic E-state index is -0.271. The lowest BCUT2D eigenvalue weighted by atomic mass is 9.95. The summed E-state index contributed by atoms with van der Waals surface area (Å²) < 4.78 is 0. The van der Waals surface area contributed by atoms with Crippen molar-refractivity contribution in [2.24, 2.45) is 5.92 Å². The Morgan fingerprint density at radius 2 is 1.71 bits per heavy atom. The Hall–Kier alpha value is -3.74. The van der Waals surface area contributed by atoms with Gasteiger partial charge in [-0.3, -0.25) is 19.4 Å². The minimum absolute atomic E-state index is 0.0409. The fraction of sp³-hybridized carbons (Fsp3) is 0.250. The van der Waals surface area contributed by atoms with Gasteiger partial charge in [0, 0.05) is 36.2 Å². The van der Waals surface area contributed by atoms with Gasteiger partial charge in [-0.05, 0) is 49.2 Å². The molecule has 0 atom stereocenters. The van der Waals surface area contributed by atoms with Crippen LogP contribution in [-0.4, -0.2) is 47.2 Å². The zero-order chi connectivity index (χ0) is 21.6. The minimum Gasteiger partial charge on any atom is -0.343 e. The topological polar surface area (TPSA) is 91.4 Å². The summed E-state index contributed by atoms with van der Waals surface area (Å²) in [7, 11) is 0. The van der Waals surface area contributed by atoms with Crippen LogP contribution in [0.1, 0.15) is 23.2 Å². The smallest absolute Gasteiger partial charge is 0.251 e. The van der Waals surface area contributed by atoms with E-state index in [2.05, 4.69) is 15.6 Å². The molecule has 0 spiro atoms. The lowest BCUT2D eigenvalue weighted by Gasteiger charge is -2.31. The number of pyridine rings is 1. The molecule has 1 aromatic heterocycles. The van der Waals surface area contributed by atoms with E-state index in [1.165, 1.54) is 0 Å². The maximum absolute atomic E-state index is 12.8. The maximum atomic E-state index is 12.8. The molecule has 4 rings (SSSR count). The summed E-state index contributed by atoms with van der Waals surface area (Å²) >= 11 is 0. The molecule has 158 valence electrons. The van der Waals surface area contributed by atoms with Crippen LogP contribution in [0.3, 0.4) is 0 Å². The highest BCUT2D eigenvalue weighted by Gasteiger charge is 2.27. The first-order valence-electron chi connectivity index (χ1n) is 10.4. The van der Waals surface area contributed by atoms with Gasteiger partial charge in [-0.25, -0.2) is 0 Å². The average molecular weight is 416 g/mol. The summed E-state index contributed by atoms with van der Waals surface area (Å²) in [6, 6.07) is 18.2. The zero-order valence-corrected chi connectivity index (χ0v) is 17.1. The van der Waals surface area contributed by atoms with Crippen LogP contribution in [0.5, 0.6) is 0 Å². The highest BCUT2D eigenvalue weighted by molar-refractivity contribution is 6.02. The number of carbonyl (C=O) groups is 3. The van der Waals surface area contributed by atoms with Crippen molar-refractivity contribution < 1.29 is 14.4 Å². The third kappa shape index (κ3) is 4.88. The van der Waals surface area contributed by atoms with Crippen molar-refractivity contribution in [1.29, 1.82) is 0 Å². The van der Waals surface area contributed by atoms with Crippen LogP contribution in [0.15, 0.2) is 66.9 Å². The van der Waals surface area contributed by atoms with Gasteiger partial charge >= 0.3 is 0 Å². The number of nitrogens with one attached hydrogen (secondary N) is 2. The predicted octanol–water partition coefficient (Wildman–Crippen LogP) is 2.84. The maximum Gasteiger partial charge on any atom is 0.251 e. The molecule has 1 aliphatic heterocycles. The lowest BCUT2D eigenvalue weighted by molar-refractivity contribution is -0.133. The highest BCUT2D eigenvalue weighted by Crippen LogP contribution is 2.24. The van der Waals surface area contributed by atoms with E-state index in [-0.39, 0.29) is 30.2 Å². The van der Waals surface area contributed by atoms with Gasteiger partial charge in [-0.15, -0.1) is 0 Å². The normalized spacial score (nSPS) is 14.3. The van der Waals surface area contributed by atoms with Gasteiger partial charge in [0.25, 0.3) is 5.91 Å². The number of fused-ring (bicyclic) bond motifs is 1. The number of rotatable bonds is 5. The van der Waals surface area contributed by atoms with E-state index in [0.717, 1.165) is 16.6 Å². The molecule has 0 unspecified atom stereocenters. The number of nitrogens with zero attached hydrogens (tertiary/aromatic N) is 2. The van der Waals surface area contributed by atoms with Crippen LogP contribution >= 0.6 is 0 Å². The highest BCUT2D eigenvalue weighted by atomic mass is 16.2. The van der Waals surface area contributed by atoms with Gasteiger partial charge in [0.05, 0.1) is 17.7 Å². The molecule has 0 saturated carbocycles. The molecule has 2 heterocycles. The number of hydrogen-bond acceptors (Lipinski definition) is 4. The Bertz CT molecular complexity index is 1090. The van der Waals surface area contributed by atoms with E-state index < -0.39 is 0 Å². The van der Waals surface area contributed by atoms with Crippen LogP contribution in [0.25, 0.3) is 10.9 Å². The second-order valence-electron chi connectivity index (χ2n) is 7.57. The van der Waals surface area contributed by atoms with Crippen LogP contribution in [0.4, 0.5) is 5.69 Å². The van der Waals surface area contributed by atoms with Crippen molar-refractivity contribution in [2.45, 2.75) is 12.8 Å². The quantitative estimate of drug-likeness (QED) is 0.669. The number of piperidine rings is 1. The molecule has 0 bridgehead atoms. The zero-order valence-electron chi connectivity index (χ0n) is 17.1. The summed E-state index contributed by atoms with van der Waals surface area (Å²) in [5.74, 6) is -0.605. The lowest BCUT2D eigenvalue weighted by Crippen LogP contribution is -2.45. The fourth-order valence-electron chi connectivity index (χ4n) is 3.80. The van der Waals surface area contributed by atoms with Gasteiger partial charge in [-0.1, -0.05) is 24.3 Å². The van der Waals surface area contributed by atoms with Crippen molar-refractivity contribution in [3.05, 3.63) is 72.4 Å². The number of hydrogen-bond donors (Lipinski definition) is 2. The van der Waals surface area contributed by atoms with E-state index in [9.17, 15) is 14.4 Å². The number of likely N-dealkylation sites (tertiary alicyclic amines) is 1. The molecule has 2 aromatic carbocycles. The second kappa shape index (κ2) is 9.38. The summed E-state index contributed by atoms with van der Waals surface area (Å²) in [6.45, 7) is 0.942. The van der Waals surface area contributed by atoms with Crippen molar-refractivity contribution >= 4 is 34.3 Å². The van der Waals surface area contributed by atoms with E-state index in [1.54, 1.807) is 35.4 Å². The number of carbonyl (C=O) groups excluding carboxylic acids is 3. The third-order valence-electron chi connectivity index (χ3n) is 5.56. The monoisotopic (exact) mass is 416 g/mol. The van der Waals surface area contributed by atoms with Gasteiger partial charge in [0.1, 0.15) is 0 Å². The van der Waals surface area contributed by atoms with Crippen molar-refractivity contribution in [2.75, 3.05) is 25.0 Å². The Morgan fingerprint density at radius 1 is 0.935 bits per heavy atom. The van der Waals surface area contributed by atoms with Crippen LogP contribution in [-0.2, 0) is 9.59 Å². The first-order chi connectivity index (χ1) is 15.1. The Kier molecular flexibility index (Phi) is 6.21. The molecule has 1 aliphatic rings. The van der Waals surface area contributed by atoms with Gasteiger partial charge in [-0.2, -0.15) is 0 Å². The second-order valence-corrected chi connectivity index (χ2v) is 7.57. The molecule has 3 aromatic rings. The molecular weight excluding hydrogens is 392 g/mol. The molecule has 7 nitrogen and oxygen atoms in total. The van der Waals surface area contributed by atoms with E-state index in [4.69, 9.17) is 0 Å². The number of amides is 3. The van der Waals surface area contributed by atoms with Crippen LogP contribution in [0, 0.1) is 5.92 Å². The SMILES string of the molecule is O=C(NCC(=O)N1CCC(C(=O)Nc2cccc3ncccc23)CC1)c1ccccc1. The number of anilines is 1. The number of aromatic nitrogens is 1. The van der Waals surface area contributed by atoms with Gasteiger partial charge in [0.2, 0.25) is 11.8 Å². The van der Waals surface area contributed by atoms with Gasteiger partial charge < -0.3 is 15.5 Å². The fourth-order valence-corrected chi connectivity index (χ4v) is 3.80. The van der Waals surface area contributed by atoms with E-state index in [1.807, 2.05) is 36.4 Å². The first kappa shape index (κ1) is 20.5. The molecule has 3 amide bonds. The van der Waals surface area contributed by atoms with E-state index >= 15 is 0 Å². The third-order valence-corrected chi connectivity index (χ3v) is 5.56. The van der Waals surface area contributed by atoms with E-state index in [0.29, 0.717) is 31.5 Å². The molecule has 1 fully saturated rings. The molecule has 31 heavy (non-hydrogen) atoms. The predicted molar refractivity (Wildman–Crippen MR) is 118 cm³/mol. The Balaban J connectivity index is 1.27. The van der Waals surface area contributed by atoms with Crippen LogP contribution in [0.2, 0.25) is 0 Å². The summed E-state index contributed by atoms with van der Waals surface area (Å²) in [5, 5.41) is 6.58. The molecule has 7 heteroatoms. The number of benzene rings is 2. The molecule has 0 radical (unpaired) electrons. The van der Waals surface area contributed by atoms with Crippen molar-refractivity contribution in [3.63, 3.8) is 0 Å². The average Bonchev–Trinajstić information content (AvgIpc) is 2.83. The first-order valence-corrected chi connectivity index (χ1v) is 10.4.